The molecular formula is C9H14O5. The van der Waals surface area contributed by atoms with E-state index in [-0.39, 0.29) is 6.61 Å². The third-order valence-electron chi connectivity index (χ3n) is 1.15. The van der Waals surface area contributed by atoms with Gasteiger partial charge in [-0.05, 0) is 20.3 Å². The summed E-state index contributed by atoms with van der Waals surface area (Å²) in [6, 6.07) is 0. The Labute approximate surface area is 82.4 Å². The number of ketones is 1. The molecule has 0 bridgehead atoms. The first-order chi connectivity index (χ1) is 6.49. The van der Waals surface area contributed by atoms with Gasteiger partial charge in [0.1, 0.15) is 0 Å². The Bertz CT molecular complexity index is 231. The van der Waals surface area contributed by atoms with E-state index in [1.54, 1.807) is 20.8 Å². The summed E-state index contributed by atoms with van der Waals surface area (Å²) in [5.41, 5.74) is 0. The molecule has 0 aliphatic carbocycles. The Morgan fingerprint density at radius 1 is 1.14 bits per heavy atom. The highest BCUT2D eigenvalue weighted by Gasteiger charge is 2.26. The number of esters is 2. The van der Waals surface area contributed by atoms with E-state index in [0.717, 1.165) is 0 Å². The van der Waals surface area contributed by atoms with Crippen LogP contribution in [0.5, 0.6) is 0 Å². The second kappa shape index (κ2) is 6.12. The van der Waals surface area contributed by atoms with Crippen LogP contribution in [-0.4, -0.2) is 30.4 Å². The average Bonchev–Trinajstić information content (AvgIpc) is 2.11. The first kappa shape index (κ1) is 12.6. The van der Waals surface area contributed by atoms with Gasteiger partial charge in [0, 0.05) is 0 Å². The number of ether oxygens (including phenoxy) is 2. The second-order valence-electron chi connectivity index (χ2n) is 2.92. The third-order valence-corrected chi connectivity index (χ3v) is 1.15. The summed E-state index contributed by atoms with van der Waals surface area (Å²) in [5.74, 6) is -3.58. The number of Topliss-reactive ketones (excluding diaryl/α,β-unsaturated/α-hetero) is 1. The van der Waals surface area contributed by atoms with Crippen LogP contribution in [0.4, 0.5) is 0 Å². The molecule has 0 atom stereocenters. The highest BCUT2D eigenvalue weighted by atomic mass is 16.6. The zero-order valence-electron chi connectivity index (χ0n) is 8.53. The number of carbonyl (C=O) groups is 3. The van der Waals surface area contributed by atoms with Crippen molar-refractivity contribution >= 4 is 17.7 Å². The molecule has 80 valence electrons. The Hall–Kier alpha value is -1.39. The molecule has 0 aliphatic heterocycles. The molecule has 0 spiro atoms. The molecule has 0 amide bonds. The topological polar surface area (TPSA) is 69.7 Å². The van der Waals surface area contributed by atoms with Gasteiger partial charge in [-0.15, -0.1) is 0 Å². The highest BCUT2D eigenvalue weighted by Crippen LogP contribution is 1.93. The van der Waals surface area contributed by atoms with E-state index in [1.807, 2.05) is 0 Å². The lowest BCUT2D eigenvalue weighted by Gasteiger charge is -2.06. The predicted octanol–water partition coefficient (Wildman–Crippen LogP) is 0.460. The van der Waals surface area contributed by atoms with Crippen molar-refractivity contribution < 1.29 is 23.9 Å². The molecule has 0 rings (SSSR count). The molecule has 0 aromatic rings. The Balaban J connectivity index is 4.05. The van der Waals surface area contributed by atoms with Crippen LogP contribution in [0.15, 0.2) is 0 Å². The summed E-state index contributed by atoms with van der Waals surface area (Å²) in [4.78, 5) is 32.7. The van der Waals surface area contributed by atoms with Crippen LogP contribution in [0, 0.1) is 0 Å². The first-order valence-electron chi connectivity index (χ1n) is 4.41. The van der Waals surface area contributed by atoms with Crippen LogP contribution in [0.3, 0.4) is 0 Å². The predicted molar refractivity (Wildman–Crippen MR) is 47.5 cm³/mol. The van der Waals surface area contributed by atoms with Crippen LogP contribution < -0.4 is 0 Å². The van der Waals surface area contributed by atoms with Gasteiger partial charge in [-0.25, -0.2) is 9.59 Å². The normalized spacial score (nSPS) is 9.71. The third kappa shape index (κ3) is 4.59. The summed E-state index contributed by atoms with van der Waals surface area (Å²) in [6.45, 7) is 5.08. The molecule has 5 heteroatoms. The molecule has 0 aliphatic rings. The average molecular weight is 202 g/mol. The van der Waals surface area contributed by atoms with Gasteiger partial charge in [0.15, 0.2) is 0 Å². The maximum atomic E-state index is 10.9. The molecule has 0 aromatic heterocycles. The van der Waals surface area contributed by atoms with E-state index in [0.29, 0.717) is 6.42 Å². The second-order valence-corrected chi connectivity index (χ2v) is 2.92. The Kier molecular flexibility index (Phi) is 5.52. The Morgan fingerprint density at radius 2 is 1.71 bits per heavy atom. The first-order valence-corrected chi connectivity index (χ1v) is 4.41. The van der Waals surface area contributed by atoms with Gasteiger partial charge >= 0.3 is 17.7 Å². The van der Waals surface area contributed by atoms with E-state index in [9.17, 15) is 14.4 Å². The molecule has 5 nitrogen and oxygen atoms in total. The van der Waals surface area contributed by atoms with Gasteiger partial charge in [-0.3, -0.25) is 4.79 Å². The fourth-order valence-corrected chi connectivity index (χ4v) is 0.611. The fraction of sp³-hybridized carbons (Fsp3) is 0.667. The maximum absolute atomic E-state index is 10.9. The van der Waals surface area contributed by atoms with Gasteiger partial charge in [0.05, 0.1) is 12.7 Å². The summed E-state index contributed by atoms with van der Waals surface area (Å²) >= 11 is 0. The van der Waals surface area contributed by atoms with Crippen LogP contribution in [0.2, 0.25) is 0 Å². The smallest absolute Gasteiger partial charge is 0.387 e. The van der Waals surface area contributed by atoms with Gasteiger partial charge in [-0.2, -0.15) is 0 Å². The minimum absolute atomic E-state index is 0.125. The van der Waals surface area contributed by atoms with Gasteiger partial charge < -0.3 is 9.47 Å². The lowest BCUT2D eigenvalue weighted by atomic mass is 10.4. The highest BCUT2D eigenvalue weighted by molar-refractivity contribution is 6.60. The van der Waals surface area contributed by atoms with Gasteiger partial charge in [0.2, 0.25) is 0 Å². The van der Waals surface area contributed by atoms with E-state index in [1.165, 1.54) is 0 Å². The molecule has 0 unspecified atom stereocenters. The van der Waals surface area contributed by atoms with Gasteiger partial charge in [0.25, 0.3) is 0 Å². The number of rotatable bonds is 5. The van der Waals surface area contributed by atoms with Crippen molar-refractivity contribution in [3.63, 3.8) is 0 Å². The summed E-state index contributed by atoms with van der Waals surface area (Å²) in [5, 5.41) is 0. The van der Waals surface area contributed by atoms with Crippen LogP contribution >= 0.6 is 0 Å². The largest absolute Gasteiger partial charge is 0.460 e. The van der Waals surface area contributed by atoms with Crippen LogP contribution in [0.1, 0.15) is 27.2 Å². The lowest BCUT2D eigenvalue weighted by molar-refractivity contribution is -0.166. The summed E-state index contributed by atoms with van der Waals surface area (Å²) in [6.07, 6.45) is 0.170. The van der Waals surface area contributed by atoms with E-state index in [2.05, 4.69) is 9.47 Å². The number of carbonyl (C=O) groups excluding carboxylic acids is 3. The van der Waals surface area contributed by atoms with Crippen molar-refractivity contribution in [2.75, 3.05) is 6.61 Å². The van der Waals surface area contributed by atoms with Crippen LogP contribution in [-0.2, 0) is 23.9 Å². The molecule has 0 heterocycles. The van der Waals surface area contributed by atoms with Crippen LogP contribution in [0.25, 0.3) is 0 Å². The number of hydrogen-bond donors (Lipinski definition) is 0. The minimum atomic E-state index is -1.26. The summed E-state index contributed by atoms with van der Waals surface area (Å²) < 4.78 is 8.99. The van der Waals surface area contributed by atoms with Gasteiger partial charge in [-0.1, -0.05) is 6.92 Å². The molecule has 0 aromatic carbocycles. The van der Waals surface area contributed by atoms with Crippen molar-refractivity contribution in [2.24, 2.45) is 0 Å². The molecule has 0 fully saturated rings. The SMILES string of the molecule is CCCOC(=O)C(=O)C(=O)OC(C)C. The van der Waals surface area contributed by atoms with E-state index >= 15 is 0 Å². The van der Waals surface area contributed by atoms with Crippen molar-refractivity contribution in [3.8, 4) is 0 Å². The molecule has 0 radical (unpaired) electrons. The molecule has 0 saturated heterocycles. The summed E-state index contributed by atoms with van der Waals surface area (Å²) in [7, 11) is 0. The quantitative estimate of drug-likeness (QED) is 0.368. The van der Waals surface area contributed by atoms with Crippen molar-refractivity contribution in [1.29, 1.82) is 0 Å². The van der Waals surface area contributed by atoms with Crippen molar-refractivity contribution in [1.82, 2.24) is 0 Å². The molecule has 0 saturated carbocycles. The zero-order chi connectivity index (χ0) is 11.1. The molecule has 0 N–H and O–H groups in total. The minimum Gasteiger partial charge on any atom is -0.460 e. The van der Waals surface area contributed by atoms with Crippen molar-refractivity contribution in [3.05, 3.63) is 0 Å². The zero-order valence-corrected chi connectivity index (χ0v) is 8.53. The monoisotopic (exact) mass is 202 g/mol. The molecular weight excluding hydrogens is 188 g/mol. The van der Waals surface area contributed by atoms with E-state index < -0.39 is 23.8 Å². The van der Waals surface area contributed by atoms with Crippen molar-refractivity contribution in [2.45, 2.75) is 33.3 Å². The lowest BCUT2D eigenvalue weighted by Crippen LogP contribution is -2.29. The fourth-order valence-electron chi connectivity index (χ4n) is 0.611. The Morgan fingerprint density at radius 3 is 2.14 bits per heavy atom. The maximum Gasteiger partial charge on any atom is 0.387 e. The van der Waals surface area contributed by atoms with E-state index in [4.69, 9.17) is 0 Å². The molecule has 14 heavy (non-hydrogen) atoms. The number of hydrogen-bond acceptors (Lipinski definition) is 5. The standard InChI is InChI=1S/C9H14O5/c1-4-5-13-8(11)7(10)9(12)14-6(2)3/h6H,4-5H2,1-3H3.